The molecule has 1 aliphatic heterocycles. The van der Waals surface area contributed by atoms with Gasteiger partial charge in [-0.15, -0.1) is 0 Å². The van der Waals surface area contributed by atoms with Crippen molar-refractivity contribution in [1.29, 1.82) is 5.26 Å². The molecule has 1 heterocycles. The van der Waals surface area contributed by atoms with E-state index in [0.717, 1.165) is 11.1 Å². The number of hydrogen-bond acceptors (Lipinski definition) is 4. The third-order valence-electron chi connectivity index (χ3n) is 3.56. The van der Waals surface area contributed by atoms with Crippen molar-refractivity contribution in [3.8, 4) is 17.6 Å². The van der Waals surface area contributed by atoms with E-state index >= 15 is 0 Å². The first-order chi connectivity index (χ1) is 10.3. The van der Waals surface area contributed by atoms with Gasteiger partial charge >= 0.3 is 0 Å². The Balaban J connectivity index is 2.28. The van der Waals surface area contributed by atoms with Crippen LogP contribution in [0.1, 0.15) is 17.0 Å². The smallest absolute Gasteiger partial charge is 0.205 e. The van der Waals surface area contributed by atoms with Crippen LogP contribution >= 0.6 is 0 Å². The van der Waals surface area contributed by atoms with Crippen LogP contribution in [0.15, 0.2) is 60.0 Å². The molecule has 4 heteroatoms. The topological polar surface area (TPSA) is 68.3 Å². The van der Waals surface area contributed by atoms with Gasteiger partial charge in [0.1, 0.15) is 23.1 Å². The summed E-state index contributed by atoms with van der Waals surface area (Å²) in [7, 11) is 1.60. The summed E-state index contributed by atoms with van der Waals surface area (Å²) in [6.07, 6.45) is 0. The summed E-state index contributed by atoms with van der Waals surface area (Å²) in [5.41, 5.74) is 8.13. The minimum atomic E-state index is -0.281. The van der Waals surface area contributed by atoms with E-state index in [0.29, 0.717) is 17.1 Å². The van der Waals surface area contributed by atoms with Crippen LogP contribution < -0.4 is 15.2 Å². The predicted octanol–water partition coefficient (Wildman–Crippen LogP) is 2.91. The molecule has 1 atom stereocenters. The quantitative estimate of drug-likeness (QED) is 0.917. The van der Waals surface area contributed by atoms with Gasteiger partial charge in [-0.3, -0.25) is 0 Å². The monoisotopic (exact) mass is 278 g/mol. The Labute approximate surface area is 123 Å². The van der Waals surface area contributed by atoms with Crippen LogP contribution in [0.2, 0.25) is 0 Å². The van der Waals surface area contributed by atoms with Crippen LogP contribution in [0.25, 0.3) is 0 Å². The fourth-order valence-corrected chi connectivity index (χ4v) is 2.63. The number of nitriles is 1. The highest BCUT2D eigenvalue weighted by Gasteiger charge is 2.33. The molecule has 1 aliphatic rings. The highest BCUT2D eigenvalue weighted by Crippen LogP contribution is 2.46. The molecule has 0 radical (unpaired) electrons. The van der Waals surface area contributed by atoms with Crippen LogP contribution in [0.3, 0.4) is 0 Å². The maximum absolute atomic E-state index is 9.47. The first kappa shape index (κ1) is 13.1. The minimum absolute atomic E-state index is 0.145. The van der Waals surface area contributed by atoms with Crippen LogP contribution in [0.4, 0.5) is 0 Å². The molecule has 0 aromatic heterocycles. The SMILES string of the molecule is COc1cccc2c1C(c1ccccc1)C(C#N)=C(N)O2. The zero-order valence-electron chi connectivity index (χ0n) is 11.5. The maximum atomic E-state index is 9.47. The van der Waals surface area contributed by atoms with Gasteiger partial charge in [-0.25, -0.2) is 0 Å². The minimum Gasteiger partial charge on any atom is -0.496 e. The summed E-state index contributed by atoms with van der Waals surface area (Å²) in [6, 6.07) is 17.4. The number of ether oxygens (including phenoxy) is 2. The van der Waals surface area contributed by atoms with E-state index in [4.69, 9.17) is 15.2 Å². The van der Waals surface area contributed by atoms with Crippen LogP contribution in [0.5, 0.6) is 11.5 Å². The molecular formula is C17H14N2O2. The summed E-state index contributed by atoms with van der Waals surface area (Å²) >= 11 is 0. The number of benzene rings is 2. The van der Waals surface area contributed by atoms with Crippen molar-refractivity contribution < 1.29 is 9.47 Å². The number of allylic oxidation sites excluding steroid dienone is 1. The number of fused-ring (bicyclic) bond motifs is 1. The highest BCUT2D eigenvalue weighted by molar-refractivity contribution is 5.60. The summed E-state index contributed by atoms with van der Waals surface area (Å²) in [4.78, 5) is 0. The van der Waals surface area contributed by atoms with E-state index in [1.54, 1.807) is 7.11 Å². The Morgan fingerprint density at radius 2 is 1.90 bits per heavy atom. The molecule has 2 N–H and O–H groups in total. The van der Waals surface area contributed by atoms with Gasteiger partial charge in [-0.05, 0) is 17.7 Å². The van der Waals surface area contributed by atoms with Crippen LogP contribution in [-0.2, 0) is 0 Å². The van der Waals surface area contributed by atoms with Crippen molar-refractivity contribution in [3.05, 3.63) is 71.1 Å². The van der Waals surface area contributed by atoms with E-state index in [-0.39, 0.29) is 11.8 Å². The fourth-order valence-electron chi connectivity index (χ4n) is 2.63. The van der Waals surface area contributed by atoms with Gasteiger partial charge in [0.15, 0.2) is 0 Å². The average Bonchev–Trinajstić information content (AvgIpc) is 2.53. The summed E-state index contributed by atoms with van der Waals surface area (Å²) in [6.45, 7) is 0. The molecule has 2 aromatic carbocycles. The lowest BCUT2D eigenvalue weighted by molar-refractivity contribution is 0.371. The second-order valence-corrected chi connectivity index (χ2v) is 4.71. The van der Waals surface area contributed by atoms with E-state index < -0.39 is 0 Å². The lowest BCUT2D eigenvalue weighted by atomic mass is 9.83. The van der Waals surface area contributed by atoms with Gasteiger partial charge < -0.3 is 15.2 Å². The number of nitrogens with zero attached hydrogens (tertiary/aromatic N) is 1. The lowest BCUT2D eigenvalue weighted by Crippen LogP contribution is -2.21. The Kier molecular flexibility index (Phi) is 3.25. The highest BCUT2D eigenvalue weighted by atomic mass is 16.5. The molecular weight excluding hydrogens is 264 g/mol. The largest absolute Gasteiger partial charge is 0.496 e. The average molecular weight is 278 g/mol. The maximum Gasteiger partial charge on any atom is 0.205 e. The molecule has 0 spiro atoms. The molecule has 104 valence electrons. The first-order valence-corrected chi connectivity index (χ1v) is 6.55. The predicted molar refractivity (Wildman–Crippen MR) is 78.7 cm³/mol. The van der Waals surface area contributed by atoms with E-state index in [9.17, 15) is 5.26 Å². The number of hydrogen-bond donors (Lipinski definition) is 1. The summed E-state index contributed by atoms with van der Waals surface area (Å²) in [5, 5.41) is 9.47. The van der Waals surface area contributed by atoms with Gasteiger partial charge in [0.2, 0.25) is 5.88 Å². The van der Waals surface area contributed by atoms with Crippen molar-refractivity contribution >= 4 is 0 Å². The Morgan fingerprint density at radius 3 is 2.57 bits per heavy atom. The molecule has 0 saturated carbocycles. The molecule has 0 amide bonds. The molecule has 0 saturated heterocycles. The number of rotatable bonds is 2. The molecule has 4 nitrogen and oxygen atoms in total. The van der Waals surface area contributed by atoms with E-state index in [1.165, 1.54) is 0 Å². The van der Waals surface area contributed by atoms with E-state index in [1.807, 2.05) is 48.5 Å². The second kappa shape index (κ2) is 5.22. The Morgan fingerprint density at radius 1 is 1.14 bits per heavy atom. The van der Waals surface area contributed by atoms with Gasteiger partial charge in [0.25, 0.3) is 0 Å². The van der Waals surface area contributed by atoms with Gasteiger partial charge in [-0.2, -0.15) is 5.26 Å². The molecule has 0 aliphatic carbocycles. The first-order valence-electron chi connectivity index (χ1n) is 6.55. The Bertz CT molecular complexity index is 745. The summed E-state index contributed by atoms with van der Waals surface area (Å²) in [5.74, 6) is 1.17. The molecule has 3 rings (SSSR count). The van der Waals surface area contributed by atoms with Crippen molar-refractivity contribution in [2.24, 2.45) is 5.73 Å². The van der Waals surface area contributed by atoms with Gasteiger partial charge in [0.05, 0.1) is 13.0 Å². The normalized spacial score (nSPS) is 16.7. The zero-order chi connectivity index (χ0) is 14.8. The third kappa shape index (κ3) is 2.09. The molecule has 0 bridgehead atoms. The van der Waals surface area contributed by atoms with Crippen LogP contribution in [-0.4, -0.2) is 7.11 Å². The molecule has 21 heavy (non-hydrogen) atoms. The van der Waals surface area contributed by atoms with Crippen molar-refractivity contribution in [2.45, 2.75) is 5.92 Å². The van der Waals surface area contributed by atoms with E-state index in [2.05, 4.69) is 6.07 Å². The third-order valence-corrected chi connectivity index (χ3v) is 3.56. The molecule has 1 unspecified atom stereocenters. The van der Waals surface area contributed by atoms with Crippen molar-refractivity contribution in [2.75, 3.05) is 7.11 Å². The lowest BCUT2D eigenvalue weighted by Gasteiger charge is -2.27. The van der Waals surface area contributed by atoms with Crippen molar-refractivity contribution in [1.82, 2.24) is 0 Å². The zero-order valence-corrected chi connectivity index (χ0v) is 11.5. The fraction of sp³-hybridized carbons (Fsp3) is 0.118. The molecule has 2 aromatic rings. The van der Waals surface area contributed by atoms with Crippen LogP contribution in [0, 0.1) is 11.3 Å². The number of methoxy groups -OCH3 is 1. The second-order valence-electron chi connectivity index (χ2n) is 4.71. The Hall–Kier alpha value is -2.93. The standard InChI is InChI=1S/C17H14N2O2/c1-20-13-8-5-9-14-16(13)15(11-6-3-2-4-7-11)12(10-18)17(19)21-14/h2-9,15H,19H2,1H3. The van der Waals surface area contributed by atoms with Crippen molar-refractivity contribution in [3.63, 3.8) is 0 Å². The van der Waals surface area contributed by atoms with Gasteiger partial charge in [0, 0.05) is 5.56 Å². The number of nitrogens with two attached hydrogens (primary N) is 1. The summed E-state index contributed by atoms with van der Waals surface area (Å²) < 4.78 is 11.0. The van der Waals surface area contributed by atoms with Gasteiger partial charge in [-0.1, -0.05) is 36.4 Å². The molecule has 0 fully saturated rings.